The van der Waals surface area contributed by atoms with Crippen molar-refractivity contribution in [2.24, 2.45) is 5.84 Å². The Labute approximate surface area is 96.3 Å². The summed E-state index contributed by atoms with van der Waals surface area (Å²) < 4.78 is 0. The number of anilines is 1. The number of nitrogens with zero attached hydrogens (tertiary/aromatic N) is 2. The second-order valence-electron chi connectivity index (χ2n) is 3.95. The molecule has 5 nitrogen and oxygen atoms in total. The molecule has 0 bridgehead atoms. The Balaban J connectivity index is 2.68. The second-order valence-corrected chi connectivity index (χ2v) is 3.95. The average Bonchev–Trinajstić information content (AvgIpc) is 2.28. The van der Waals surface area contributed by atoms with E-state index in [0.717, 1.165) is 5.69 Å². The Hall–Kier alpha value is -1.17. The van der Waals surface area contributed by atoms with Gasteiger partial charge >= 0.3 is 0 Å². The van der Waals surface area contributed by atoms with Crippen LogP contribution in [0.3, 0.4) is 0 Å². The molecule has 0 amide bonds. The molecule has 0 spiro atoms. The third-order valence-corrected chi connectivity index (χ3v) is 2.44. The summed E-state index contributed by atoms with van der Waals surface area (Å²) in [6, 6.07) is 6.06. The van der Waals surface area contributed by atoms with E-state index in [1.807, 2.05) is 18.2 Å². The Bertz CT molecular complexity index is 317. The van der Waals surface area contributed by atoms with Crippen LogP contribution in [-0.4, -0.2) is 34.2 Å². The van der Waals surface area contributed by atoms with Gasteiger partial charge in [-0.15, -0.1) is 0 Å². The van der Waals surface area contributed by atoms with Crippen molar-refractivity contribution in [2.45, 2.75) is 26.4 Å². The van der Waals surface area contributed by atoms with Crippen LogP contribution in [-0.2, 0) is 6.54 Å². The van der Waals surface area contributed by atoms with Gasteiger partial charge in [0.25, 0.3) is 0 Å². The molecule has 0 unspecified atom stereocenters. The minimum absolute atomic E-state index is 0.160. The number of hydrazine groups is 1. The molecule has 1 rings (SSSR count). The maximum absolute atomic E-state index is 8.97. The van der Waals surface area contributed by atoms with Crippen molar-refractivity contribution in [3.8, 4) is 0 Å². The summed E-state index contributed by atoms with van der Waals surface area (Å²) in [4.78, 5) is 6.49. The lowest BCUT2D eigenvalue weighted by Gasteiger charge is -2.25. The molecule has 4 N–H and O–H groups in total. The summed E-state index contributed by atoms with van der Waals surface area (Å²) in [7, 11) is 0. The number of pyridine rings is 1. The van der Waals surface area contributed by atoms with Gasteiger partial charge in [-0.3, -0.25) is 4.90 Å². The van der Waals surface area contributed by atoms with Crippen LogP contribution in [0.15, 0.2) is 18.2 Å². The number of hydrogen-bond donors (Lipinski definition) is 3. The summed E-state index contributed by atoms with van der Waals surface area (Å²) >= 11 is 0. The summed E-state index contributed by atoms with van der Waals surface area (Å²) in [5, 5.41) is 8.97. The van der Waals surface area contributed by atoms with Crippen LogP contribution < -0.4 is 11.3 Å². The van der Waals surface area contributed by atoms with Crippen LogP contribution in [0, 0.1) is 0 Å². The Morgan fingerprint density at radius 3 is 2.81 bits per heavy atom. The van der Waals surface area contributed by atoms with Gasteiger partial charge in [-0.1, -0.05) is 6.07 Å². The van der Waals surface area contributed by atoms with Crippen molar-refractivity contribution in [3.63, 3.8) is 0 Å². The van der Waals surface area contributed by atoms with Gasteiger partial charge in [0.2, 0.25) is 0 Å². The van der Waals surface area contributed by atoms with Crippen LogP contribution in [0.2, 0.25) is 0 Å². The number of nitrogens with one attached hydrogen (secondary N) is 1. The molecule has 1 aromatic heterocycles. The zero-order valence-electron chi connectivity index (χ0n) is 9.85. The minimum atomic E-state index is 0.160. The molecule has 0 atom stereocenters. The van der Waals surface area contributed by atoms with E-state index in [-0.39, 0.29) is 6.61 Å². The second kappa shape index (κ2) is 6.42. The zero-order chi connectivity index (χ0) is 12.0. The highest BCUT2D eigenvalue weighted by Crippen LogP contribution is 2.08. The highest BCUT2D eigenvalue weighted by molar-refractivity contribution is 5.33. The molecule has 16 heavy (non-hydrogen) atoms. The van der Waals surface area contributed by atoms with Crippen molar-refractivity contribution in [1.29, 1.82) is 0 Å². The fraction of sp³-hybridized carbons (Fsp3) is 0.545. The molecule has 1 aromatic rings. The molecule has 0 saturated heterocycles. The van der Waals surface area contributed by atoms with Crippen LogP contribution in [0.4, 0.5) is 5.82 Å². The lowest BCUT2D eigenvalue weighted by Crippen LogP contribution is -2.33. The Morgan fingerprint density at radius 1 is 1.50 bits per heavy atom. The van der Waals surface area contributed by atoms with Gasteiger partial charge < -0.3 is 10.5 Å². The van der Waals surface area contributed by atoms with Gasteiger partial charge in [0, 0.05) is 19.1 Å². The van der Waals surface area contributed by atoms with E-state index in [1.165, 1.54) is 0 Å². The number of aliphatic hydroxyl groups excluding tert-OH is 1. The fourth-order valence-electron chi connectivity index (χ4n) is 1.50. The van der Waals surface area contributed by atoms with Crippen LogP contribution in [0.25, 0.3) is 0 Å². The molecule has 0 aliphatic carbocycles. The molecule has 5 heteroatoms. The molecule has 0 saturated carbocycles. The standard InChI is InChI=1S/C11H20N4O/c1-9(2)15(6-7-16)8-10-4-3-5-11(13-10)14-12/h3-5,9,16H,6-8,12H2,1-2H3,(H,13,14). The van der Waals surface area contributed by atoms with E-state index in [9.17, 15) is 0 Å². The minimum Gasteiger partial charge on any atom is -0.395 e. The first-order valence-electron chi connectivity index (χ1n) is 5.45. The first kappa shape index (κ1) is 12.9. The number of nitrogens with two attached hydrogens (primary N) is 1. The van der Waals surface area contributed by atoms with Crippen molar-refractivity contribution in [3.05, 3.63) is 23.9 Å². The van der Waals surface area contributed by atoms with Crippen LogP contribution in [0.5, 0.6) is 0 Å². The Kier molecular flexibility index (Phi) is 5.18. The molecule has 0 fully saturated rings. The third kappa shape index (κ3) is 3.77. The number of hydrogen-bond acceptors (Lipinski definition) is 5. The van der Waals surface area contributed by atoms with E-state index in [0.29, 0.717) is 24.9 Å². The first-order valence-corrected chi connectivity index (χ1v) is 5.45. The predicted octanol–water partition coefficient (Wildman–Crippen LogP) is 0.570. The maximum Gasteiger partial charge on any atom is 0.140 e. The molecule has 0 radical (unpaired) electrons. The van der Waals surface area contributed by atoms with Crippen molar-refractivity contribution in [1.82, 2.24) is 9.88 Å². The van der Waals surface area contributed by atoms with Crippen LogP contribution >= 0.6 is 0 Å². The van der Waals surface area contributed by atoms with E-state index < -0.39 is 0 Å². The highest BCUT2D eigenvalue weighted by atomic mass is 16.3. The fourth-order valence-corrected chi connectivity index (χ4v) is 1.50. The molecule has 0 aliphatic rings. The molecular formula is C11H20N4O. The predicted molar refractivity (Wildman–Crippen MR) is 64.7 cm³/mol. The van der Waals surface area contributed by atoms with Crippen molar-refractivity contribution < 1.29 is 5.11 Å². The number of aliphatic hydroxyl groups is 1. The molecule has 90 valence electrons. The van der Waals surface area contributed by atoms with Gasteiger partial charge in [-0.05, 0) is 26.0 Å². The number of aromatic nitrogens is 1. The largest absolute Gasteiger partial charge is 0.395 e. The van der Waals surface area contributed by atoms with Crippen molar-refractivity contribution >= 4 is 5.82 Å². The van der Waals surface area contributed by atoms with Crippen LogP contribution in [0.1, 0.15) is 19.5 Å². The Morgan fingerprint density at radius 2 is 2.25 bits per heavy atom. The smallest absolute Gasteiger partial charge is 0.140 e. The van der Waals surface area contributed by atoms with E-state index in [2.05, 4.69) is 29.2 Å². The van der Waals surface area contributed by atoms with E-state index in [4.69, 9.17) is 10.9 Å². The molecule has 1 heterocycles. The monoisotopic (exact) mass is 224 g/mol. The maximum atomic E-state index is 8.97. The van der Waals surface area contributed by atoms with Gasteiger partial charge in [0.05, 0.1) is 12.3 Å². The van der Waals surface area contributed by atoms with E-state index in [1.54, 1.807) is 0 Å². The topological polar surface area (TPSA) is 74.4 Å². The molecule has 0 aromatic carbocycles. The number of rotatable bonds is 6. The molecule has 0 aliphatic heterocycles. The normalized spacial score (nSPS) is 11.1. The average molecular weight is 224 g/mol. The summed E-state index contributed by atoms with van der Waals surface area (Å²) in [5.41, 5.74) is 3.47. The summed E-state index contributed by atoms with van der Waals surface area (Å²) in [6.45, 7) is 5.72. The van der Waals surface area contributed by atoms with Gasteiger partial charge in [0.1, 0.15) is 5.82 Å². The molecular weight excluding hydrogens is 204 g/mol. The van der Waals surface area contributed by atoms with E-state index >= 15 is 0 Å². The zero-order valence-corrected chi connectivity index (χ0v) is 9.85. The summed E-state index contributed by atoms with van der Waals surface area (Å²) in [6.07, 6.45) is 0. The van der Waals surface area contributed by atoms with Gasteiger partial charge in [-0.25, -0.2) is 10.8 Å². The third-order valence-electron chi connectivity index (χ3n) is 2.44. The van der Waals surface area contributed by atoms with Gasteiger partial charge in [0.15, 0.2) is 0 Å². The first-order chi connectivity index (χ1) is 7.67. The number of nitrogen functional groups attached to an aromatic ring is 1. The van der Waals surface area contributed by atoms with Crippen molar-refractivity contribution in [2.75, 3.05) is 18.6 Å². The lowest BCUT2D eigenvalue weighted by atomic mass is 10.2. The summed E-state index contributed by atoms with van der Waals surface area (Å²) in [5.74, 6) is 5.96. The van der Waals surface area contributed by atoms with Gasteiger partial charge in [-0.2, -0.15) is 0 Å². The highest BCUT2D eigenvalue weighted by Gasteiger charge is 2.10. The quantitative estimate of drug-likeness (QED) is 0.486. The SMILES string of the molecule is CC(C)N(CCO)Cc1cccc(NN)n1. The lowest BCUT2D eigenvalue weighted by molar-refractivity contribution is 0.158.